The van der Waals surface area contributed by atoms with E-state index >= 15 is 0 Å². The Morgan fingerprint density at radius 3 is 1.16 bits per heavy atom. The van der Waals surface area contributed by atoms with Crippen LogP contribution in [0.25, 0.3) is 12.2 Å². The number of hydrogen-bond acceptors (Lipinski definition) is 14. The smallest absolute Gasteiger partial charge is 0.408 e. The molecule has 0 bridgehead atoms. The number of benzene rings is 5. The molecule has 6 N–H and O–H groups in total. The van der Waals surface area contributed by atoms with E-state index in [1.807, 2.05) is 60.7 Å². The molecule has 0 heterocycles. The van der Waals surface area contributed by atoms with Gasteiger partial charge in [0.05, 0.1) is 14.2 Å². The number of carbonyl (C=O) groups is 10. The van der Waals surface area contributed by atoms with Crippen LogP contribution < -0.4 is 31.9 Å². The van der Waals surface area contributed by atoms with Crippen LogP contribution in [0.2, 0.25) is 0 Å². The van der Waals surface area contributed by atoms with Gasteiger partial charge in [-0.1, -0.05) is 103 Å². The number of carbonyl (C=O) groups excluding carboxylic acids is 10. The largest absolute Gasteiger partial charge is 0.467 e. The number of methoxy groups -OCH3 is 2. The van der Waals surface area contributed by atoms with Crippen LogP contribution in [0.15, 0.2) is 146 Å². The highest BCUT2D eigenvalue weighted by molar-refractivity contribution is 6.03. The van der Waals surface area contributed by atoms with Gasteiger partial charge in [0, 0.05) is 37.3 Å². The fourth-order valence-corrected chi connectivity index (χ4v) is 8.76. The van der Waals surface area contributed by atoms with Crippen LogP contribution in [0.5, 0.6) is 0 Å². The molecule has 24 heteroatoms. The lowest BCUT2D eigenvalue weighted by atomic mass is 10.1. The number of halogens is 2. The van der Waals surface area contributed by atoms with Gasteiger partial charge in [0.15, 0.2) is 0 Å². The van der Waals surface area contributed by atoms with Crippen molar-refractivity contribution in [2.24, 2.45) is 0 Å². The molecule has 0 unspecified atom stereocenters. The van der Waals surface area contributed by atoms with Gasteiger partial charge in [0.2, 0.25) is 23.6 Å². The van der Waals surface area contributed by atoms with Gasteiger partial charge in [-0.15, -0.1) is 0 Å². The van der Waals surface area contributed by atoms with Crippen LogP contribution in [0.3, 0.4) is 0 Å². The first-order chi connectivity index (χ1) is 43.5. The molecular weight excluding hydrogens is 1170 g/mol. The fourth-order valence-electron chi connectivity index (χ4n) is 8.76. The van der Waals surface area contributed by atoms with E-state index in [1.165, 1.54) is 62.8 Å². The minimum atomic E-state index is -1.06. The van der Waals surface area contributed by atoms with E-state index < -0.39 is 109 Å². The quantitative estimate of drug-likeness (QED) is 0.0150. The molecule has 0 saturated carbocycles. The molecule has 22 nitrogen and oxygen atoms in total. The molecule has 5 aromatic carbocycles. The molecule has 0 aliphatic heterocycles. The van der Waals surface area contributed by atoms with Crippen molar-refractivity contribution in [3.63, 3.8) is 0 Å². The predicted molar refractivity (Wildman–Crippen MR) is 330 cm³/mol. The lowest BCUT2D eigenvalue weighted by Crippen LogP contribution is -2.47. The van der Waals surface area contributed by atoms with Gasteiger partial charge in [0.1, 0.15) is 63.1 Å². The predicted octanol–water partition coefficient (Wildman–Crippen LogP) is 6.10. The van der Waals surface area contributed by atoms with Crippen molar-refractivity contribution in [3.8, 4) is 0 Å². The monoisotopic (exact) mass is 1240 g/mol. The summed E-state index contributed by atoms with van der Waals surface area (Å²) in [6, 6.07) is 33.2. The van der Waals surface area contributed by atoms with Crippen molar-refractivity contribution in [2.75, 3.05) is 79.8 Å². The van der Waals surface area contributed by atoms with Crippen LogP contribution in [-0.2, 0) is 60.6 Å². The van der Waals surface area contributed by atoms with Gasteiger partial charge in [-0.25, -0.2) is 28.0 Å². The molecule has 90 heavy (non-hydrogen) atoms. The second-order valence-corrected chi connectivity index (χ2v) is 20.3. The Labute approximate surface area is 521 Å². The summed E-state index contributed by atoms with van der Waals surface area (Å²) in [7, 11) is 2.35. The fraction of sp³-hybridized carbons (Fsp3) is 0.333. The van der Waals surface area contributed by atoms with Gasteiger partial charge >= 0.3 is 24.1 Å². The average molecular weight is 1240 g/mol. The second kappa shape index (κ2) is 39.5. The third-order valence-electron chi connectivity index (χ3n) is 13.4. The molecule has 0 aliphatic rings. The number of rotatable bonds is 36. The van der Waals surface area contributed by atoms with Crippen LogP contribution in [0, 0.1) is 11.6 Å². The summed E-state index contributed by atoms with van der Waals surface area (Å²) in [4.78, 5) is 135. The van der Waals surface area contributed by atoms with E-state index in [9.17, 15) is 56.7 Å². The van der Waals surface area contributed by atoms with Crippen molar-refractivity contribution in [1.82, 2.24) is 41.7 Å². The minimum Gasteiger partial charge on any atom is -0.467 e. The maximum Gasteiger partial charge on any atom is 0.408 e. The van der Waals surface area contributed by atoms with E-state index in [-0.39, 0.29) is 63.4 Å². The lowest BCUT2D eigenvalue weighted by Gasteiger charge is -2.24. The Kier molecular flexibility index (Phi) is 31.0. The number of esters is 2. The first-order valence-corrected chi connectivity index (χ1v) is 29.2. The van der Waals surface area contributed by atoms with E-state index in [0.29, 0.717) is 38.5 Å². The van der Waals surface area contributed by atoms with Gasteiger partial charge in [-0.3, -0.25) is 28.8 Å². The highest BCUT2D eigenvalue weighted by Gasteiger charge is 2.27. The Bertz CT molecular complexity index is 3000. The summed E-state index contributed by atoms with van der Waals surface area (Å²) >= 11 is 0. The molecule has 0 spiro atoms. The molecule has 0 aliphatic carbocycles. The number of nitrogens with zero attached hydrogens (tertiary/aromatic N) is 2. The molecular formula is C66H76F2N8O14. The third kappa shape index (κ3) is 27.2. The summed E-state index contributed by atoms with van der Waals surface area (Å²) in [6.07, 6.45) is 7.26. The molecule has 0 aromatic heterocycles. The second-order valence-electron chi connectivity index (χ2n) is 20.3. The Hall–Kier alpha value is -10.3. The highest BCUT2D eigenvalue weighted by atomic mass is 19.1. The minimum absolute atomic E-state index is 0.0563. The van der Waals surface area contributed by atoms with Crippen molar-refractivity contribution >= 4 is 71.7 Å². The summed E-state index contributed by atoms with van der Waals surface area (Å²) in [5, 5.41) is 15.8. The highest BCUT2D eigenvalue weighted by Crippen LogP contribution is 2.14. The molecule has 478 valence electrons. The van der Waals surface area contributed by atoms with Gasteiger partial charge in [-0.2, -0.15) is 0 Å². The van der Waals surface area contributed by atoms with E-state index in [4.69, 9.17) is 18.9 Å². The number of alkyl carbamates (subject to hydrolysis) is 2. The van der Waals surface area contributed by atoms with E-state index in [0.717, 1.165) is 32.1 Å². The van der Waals surface area contributed by atoms with Crippen LogP contribution in [0.1, 0.15) is 81.5 Å². The number of hydrogen-bond donors (Lipinski definition) is 6. The Morgan fingerprint density at radius 2 is 0.800 bits per heavy atom. The van der Waals surface area contributed by atoms with Crippen molar-refractivity contribution in [2.45, 2.75) is 63.5 Å². The van der Waals surface area contributed by atoms with Crippen molar-refractivity contribution in [3.05, 3.63) is 191 Å². The van der Waals surface area contributed by atoms with Crippen LogP contribution in [-0.4, -0.2) is 161 Å². The Morgan fingerprint density at radius 1 is 0.444 bits per heavy atom. The number of amides is 8. The summed E-state index contributed by atoms with van der Waals surface area (Å²) < 4.78 is 47.2. The maximum absolute atomic E-state index is 14.4. The summed E-state index contributed by atoms with van der Waals surface area (Å²) in [5.74, 6) is -6.62. The Balaban J connectivity index is 1.22. The van der Waals surface area contributed by atoms with Gasteiger partial charge in [-0.05, 0) is 128 Å². The standard InChI is InChI=1S/C66H76F2N8O14/c1-87-63(83)55(73-65(85)89-40-14-20-47-16-5-3-6-17-47)24-9-11-36-69-57(77)43-75(45-59(79)71-38-34-49-26-30-53(67)31-27-49)61(81)51-22-13-23-52(42-51)62(82)76(46-60(80)72-39-35-50-28-32-54(68)33-29-50)44-58(78)70-37-12-10-25-56(64(84)88-2)74-66(86)90-41-15-21-48-18-7-4-8-19-48/h3-8,13-23,26-33,42,55-56H,9-12,24-25,34-41,43-46H2,1-2H3,(H,69,77)(H,70,78)(H,71,79)(H,72,80)(H,73,85)(H,74,86)/b20-14+,21-15+/t55-,56-/m0/s1. The van der Waals surface area contributed by atoms with Crippen molar-refractivity contribution in [1.29, 1.82) is 0 Å². The van der Waals surface area contributed by atoms with E-state index in [2.05, 4.69) is 31.9 Å². The molecule has 0 saturated heterocycles. The lowest BCUT2D eigenvalue weighted by molar-refractivity contribution is -0.144. The normalized spacial score (nSPS) is 11.5. The summed E-state index contributed by atoms with van der Waals surface area (Å²) in [6.45, 7) is -2.34. The first-order valence-electron chi connectivity index (χ1n) is 29.2. The molecule has 5 aromatic rings. The zero-order valence-electron chi connectivity index (χ0n) is 50.3. The van der Waals surface area contributed by atoms with Gasteiger partial charge in [0.25, 0.3) is 11.8 Å². The molecule has 0 fully saturated rings. The summed E-state index contributed by atoms with van der Waals surface area (Å²) in [5.41, 5.74) is 2.97. The first kappa shape index (κ1) is 70.5. The van der Waals surface area contributed by atoms with Crippen LogP contribution in [0.4, 0.5) is 18.4 Å². The molecule has 5 rings (SSSR count). The third-order valence-corrected chi connectivity index (χ3v) is 13.4. The average Bonchev–Trinajstić information content (AvgIpc) is 2.71. The molecule has 8 amide bonds. The topological polar surface area (TPSA) is 286 Å². The van der Waals surface area contributed by atoms with Crippen molar-refractivity contribution < 1.29 is 75.7 Å². The zero-order valence-corrected chi connectivity index (χ0v) is 50.3. The van der Waals surface area contributed by atoms with Gasteiger partial charge < -0.3 is 60.6 Å². The number of unbranched alkanes of at least 4 members (excludes halogenated alkanes) is 2. The van der Waals surface area contributed by atoms with Crippen LogP contribution >= 0.6 is 0 Å². The number of ether oxygens (including phenoxy) is 4. The van der Waals surface area contributed by atoms with E-state index in [1.54, 1.807) is 48.6 Å². The maximum atomic E-state index is 14.4. The molecule has 2 atom stereocenters. The SMILES string of the molecule is COC(=O)[C@H](CCCCNC(=O)CN(CC(=O)NCCc1ccc(F)cc1)C(=O)c1cccc(C(=O)N(CC(=O)NCCCC[C@H](NC(=O)OC/C=C/c2ccccc2)C(=O)OC)CC(=O)NCCc2ccc(F)cc2)c1)NC(=O)OC/C=C/c1ccccc1. The zero-order chi connectivity index (χ0) is 64.9. The number of nitrogens with one attached hydrogen (secondary N) is 6. The molecule has 0 radical (unpaired) electrons.